The van der Waals surface area contributed by atoms with E-state index in [1.165, 1.54) is 12.1 Å². The molecule has 0 bridgehead atoms. The van der Waals surface area contributed by atoms with Gasteiger partial charge in [-0.15, -0.1) is 0 Å². The van der Waals surface area contributed by atoms with Gasteiger partial charge in [0.1, 0.15) is 0 Å². The van der Waals surface area contributed by atoms with Gasteiger partial charge in [-0.3, -0.25) is 19.5 Å². The third-order valence-electron chi connectivity index (χ3n) is 3.73. The molecule has 0 aliphatic rings. The Morgan fingerprint density at radius 1 is 1.08 bits per heavy atom. The molecule has 4 aromatic rings. The molecule has 0 aliphatic heterocycles. The van der Waals surface area contributed by atoms with Crippen LogP contribution in [0.25, 0.3) is 21.8 Å². The highest BCUT2D eigenvalue weighted by atomic mass is 16.6. The van der Waals surface area contributed by atoms with E-state index in [9.17, 15) is 10.1 Å². The van der Waals surface area contributed by atoms with Gasteiger partial charge < -0.3 is 5.73 Å². The average Bonchev–Trinajstić information content (AvgIpc) is 3.09. The minimum absolute atomic E-state index is 0.0936. The zero-order chi connectivity index (χ0) is 17.3. The van der Waals surface area contributed by atoms with Crippen LogP contribution in [-0.4, -0.2) is 24.5 Å². The van der Waals surface area contributed by atoms with Gasteiger partial charge in [0.05, 0.1) is 22.2 Å². The monoisotopic (exact) mass is 324 g/mol. The van der Waals surface area contributed by atoms with Crippen LogP contribution in [0.5, 0.6) is 0 Å². The smallest absolute Gasteiger partial charge is 0.271 e. The van der Waals surface area contributed by atoms with Gasteiger partial charge in [0.2, 0.25) is 0 Å². The van der Waals surface area contributed by atoms with E-state index in [0.29, 0.717) is 5.82 Å². The van der Waals surface area contributed by atoms with Crippen LogP contribution in [-0.2, 0) is 14.1 Å². The predicted molar refractivity (Wildman–Crippen MR) is 92.5 cm³/mol. The summed E-state index contributed by atoms with van der Waals surface area (Å²) in [5.74, 6) is 0.600. The van der Waals surface area contributed by atoms with Crippen LogP contribution in [0.2, 0.25) is 0 Å². The summed E-state index contributed by atoms with van der Waals surface area (Å²) in [5.41, 5.74) is 7.59. The number of fused-ring (bicyclic) bond motifs is 2. The van der Waals surface area contributed by atoms with Crippen molar-refractivity contribution < 1.29 is 4.92 Å². The van der Waals surface area contributed by atoms with Crippen molar-refractivity contribution in [2.45, 2.75) is 0 Å². The molecule has 0 amide bonds. The van der Waals surface area contributed by atoms with Crippen molar-refractivity contribution in [1.82, 2.24) is 19.6 Å². The van der Waals surface area contributed by atoms with E-state index < -0.39 is 4.92 Å². The lowest BCUT2D eigenvalue weighted by atomic mass is 10.2. The fraction of sp³-hybridized carbons (Fsp3) is 0.125. The number of nitrogens with two attached hydrogens (primary N) is 1. The number of para-hydroxylation sites is 1. The molecule has 0 spiro atoms. The lowest BCUT2D eigenvalue weighted by Gasteiger charge is -1.93. The Labute approximate surface area is 137 Å². The summed E-state index contributed by atoms with van der Waals surface area (Å²) in [4.78, 5) is 10.0. The number of hydrogen-bond acceptors (Lipinski definition) is 5. The first-order chi connectivity index (χ1) is 11.5. The first-order valence-electron chi connectivity index (χ1n) is 7.20. The van der Waals surface area contributed by atoms with E-state index in [4.69, 9.17) is 5.73 Å². The standard InChI is InChI=1S/C8H7N3O2.C8H9N3/c1-10-8-4-7(11(12)13)3-2-6(8)5-9-10;1-11-7-5-3-2-4-6(7)8(9)10-11/h2-5H,1H3;2-5H,1H3,(H2,9,10). The van der Waals surface area contributed by atoms with Crippen LogP contribution in [0.15, 0.2) is 48.7 Å². The fourth-order valence-corrected chi connectivity index (χ4v) is 2.49. The quantitative estimate of drug-likeness (QED) is 0.428. The van der Waals surface area contributed by atoms with E-state index in [2.05, 4.69) is 10.2 Å². The molecule has 0 radical (unpaired) electrons. The van der Waals surface area contributed by atoms with Crippen LogP contribution in [0, 0.1) is 10.1 Å². The Balaban J connectivity index is 0.000000143. The van der Waals surface area contributed by atoms with E-state index in [0.717, 1.165) is 21.8 Å². The number of anilines is 1. The maximum Gasteiger partial charge on any atom is 0.271 e. The van der Waals surface area contributed by atoms with Crippen LogP contribution in [0.3, 0.4) is 0 Å². The van der Waals surface area contributed by atoms with Crippen molar-refractivity contribution in [3.63, 3.8) is 0 Å². The van der Waals surface area contributed by atoms with Crippen LogP contribution in [0.4, 0.5) is 11.5 Å². The fourth-order valence-electron chi connectivity index (χ4n) is 2.49. The molecule has 122 valence electrons. The lowest BCUT2D eigenvalue weighted by molar-refractivity contribution is -0.384. The van der Waals surface area contributed by atoms with E-state index in [1.807, 2.05) is 31.3 Å². The predicted octanol–water partition coefficient (Wildman–Crippen LogP) is 2.64. The Morgan fingerprint density at radius 2 is 1.83 bits per heavy atom. The molecule has 8 heteroatoms. The molecule has 4 rings (SSSR count). The zero-order valence-electron chi connectivity index (χ0n) is 13.2. The molecule has 2 heterocycles. The summed E-state index contributed by atoms with van der Waals surface area (Å²) in [6.07, 6.45) is 1.68. The molecule has 0 unspecified atom stereocenters. The molecule has 0 aliphatic carbocycles. The minimum Gasteiger partial charge on any atom is -0.382 e. The second-order valence-corrected chi connectivity index (χ2v) is 5.29. The maximum absolute atomic E-state index is 10.5. The van der Waals surface area contributed by atoms with Gasteiger partial charge in [0, 0.05) is 37.0 Å². The second-order valence-electron chi connectivity index (χ2n) is 5.29. The molecular formula is C16H16N6O2. The van der Waals surface area contributed by atoms with Gasteiger partial charge in [0.25, 0.3) is 5.69 Å². The van der Waals surface area contributed by atoms with E-state index in [-0.39, 0.29) is 5.69 Å². The molecule has 0 saturated carbocycles. The summed E-state index contributed by atoms with van der Waals surface area (Å²) >= 11 is 0. The summed E-state index contributed by atoms with van der Waals surface area (Å²) in [6, 6.07) is 12.6. The van der Waals surface area contributed by atoms with Crippen LogP contribution >= 0.6 is 0 Å². The van der Waals surface area contributed by atoms with Gasteiger partial charge >= 0.3 is 0 Å². The SMILES string of the molecule is Cn1nc(N)c2ccccc21.Cn1ncc2ccc([N+](=O)[O-])cc21. The first kappa shape index (κ1) is 15.5. The molecule has 0 saturated heterocycles. The summed E-state index contributed by atoms with van der Waals surface area (Å²) in [7, 11) is 3.64. The summed E-state index contributed by atoms with van der Waals surface area (Å²) in [6.45, 7) is 0. The topological polar surface area (TPSA) is 105 Å². The molecule has 0 atom stereocenters. The molecular weight excluding hydrogens is 308 g/mol. The van der Waals surface area contributed by atoms with Gasteiger partial charge in [-0.2, -0.15) is 10.2 Å². The number of nitro groups is 1. The minimum atomic E-state index is -0.410. The second kappa shape index (κ2) is 5.99. The van der Waals surface area contributed by atoms with E-state index >= 15 is 0 Å². The van der Waals surface area contributed by atoms with Crippen LogP contribution < -0.4 is 5.73 Å². The highest BCUT2D eigenvalue weighted by molar-refractivity contribution is 5.88. The number of aromatic nitrogens is 4. The summed E-state index contributed by atoms with van der Waals surface area (Å²) in [5, 5.41) is 20.5. The van der Waals surface area contributed by atoms with Crippen molar-refractivity contribution in [3.05, 3.63) is 58.8 Å². The van der Waals surface area contributed by atoms with Gasteiger partial charge in [0.15, 0.2) is 5.82 Å². The highest BCUT2D eigenvalue weighted by Crippen LogP contribution is 2.19. The van der Waals surface area contributed by atoms with Crippen molar-refractivity contribution >= 4 is 33.3 Å². The normalized spacial score (nSPS) is 10.6. The molecule has 24 heavy (non-hydrogen) atoms. The number of nitrogens with zero attached hydrogens (tertiary/aromatic N) is 5. The Bertz CT molecular complexity index is 998. The Kier molecular flexibility index (Phi) is 3.87. The average molecular weight is 324 g/mol. The molecule has 2 N–H and O–H groups in total. The molecule has 2 aromatic carbocycles. The van der Waals surface area contributed by atoms with Crippen molar-refractivity contribution in [3.8, 4) is 0 Å². The van der Waals surface area contributed by atoms with Gasteiger partial charge in [-0.1, -0.05) is 12.1 Å². The van der Waals surface area contributed by atoms with Crippen LogP contribution in [0.1, 0.15) is 0 Å². The summed E-state index contributed by atoms with van der Waals surface area (Å²) < 4.78 is 3.40. The van der Waals surface area contributed by atoms with Gasteiger partial charge in [-0.05, 0) is 18.2 Å². The van der Waals surface area contributed by atoms with E-state index in [1.54, 1.807) is 28.7 Å². The molecule has 8 nitrogen and oxygen atoms in total. The van der Waals surface area contributed by atoms with Crippen molar-refractivity contribution in [2.75, 3.05) is 5.73 Å². The largest absolute Gasteiger partial charge is 0.382 e. The number of nitro benzene ring substituents is 1. The van der Waals surface area contributed by atoms with Gasteiger partial charge in [-0.25, -0.2) is 0 Å². The maximum atomic E-state index is 10.5. The van der Waals surface area contributed by atoms with Crippen molar-refractivity contribution in [2.24, 2.45) is 14.1 Å². The lowest BCUT2D eigenvalue weighted by Crippen LogP contribution is -1.91. The zero-order valence-corrected chi connectivity index (χ0v) is 13.2. The number of non-ortho nitro benzene ring substituents is 1. The molecule has 2 aromatic heterocycles. The number of hydrogen-bond donors (Lipinski definition) is 1. The Hall–Kier alpha value is -3.42. The first-order valence-corrected chi connectivity index (χ1v) is 7.20. The number of aryl methyl sites for hydroxylation is 2. The third-order valence-corrected chi connectivity index (χ3v) is 3.73. The third kappa shape index (κ3) is 2.76. The van der Waals surface area contributed by atoms with Crippen molar-refractivity contribution in [1.29, 1.82) is 0 Å². The number of rotatable bonds is 1. The molecule has 0 fully saturated rings. The highest BCUT2D eigenvalue weighted by Gasteiger charge is 2.07. The Morgan fingerprint density at radius 3 is 2.54 bits per heavy atom. The number of benzene rings is 2. The number of nitrogen functional groups attached to an aromatic ring is 1.